The first-order valence-corrected chi connectivity index (χ1v) is 7.46. The molecule has 3 N–H and O–H groups in total. The van der Waals surface area contributed by atoms with Gasteiger partial charge in [0.2, 0.25) is 0 Å². The summed E-state index contributed by atoms with van der Waals surface area (Å²) in [6.07, 6.45) is -0.524. The Labute approximate surface area is 133 Å². The number of carbonyl (C=O) groups is 1. The van der Waals surface area contributed by atoms with Crippen molar-refractivity contribution in [3.8, 4) is 11.5 Å². The molecule has 5 heteroatoms. The lowest BCUT2D eigenvalue weighted by Crippen LogP contribution is -2.24. The van der Waals surface area contributed by atoms with Gasteiger partial charge in [0.15, 0.2) is 0 Å². The molecular weight excluding hydrogens is 296 g/mol. The molecule has 0 aromatic heterocycles. The molecule has 2 aromatic rings. The van der Waals surface area contributed by atoms with Crippen molar-refractivity contribution in [2.24, 2.45) is 11.8 Å². The number of phenols is 2. The quantitative estimate of drug-likeness (QED) is 0.753. The smallest absolute Gasteiger partial charge is 0.309 e. The predicted octanol–water partition coefficient (Wildman–Crippen LogP) is 2.16. The van der Waals surface area contributed by atoms with E-state index >= 15 is 0 Å². The first kappa shape index (κ1) is 15.4. The van der Waals surface area contributed by atoms with Gasteiger partial charge in [0.25, 0.3) is 0 Å². The van der Waals surface area contributed by atoms with Gasteiger partial charge in [-0.1, -0.05) is 24.3 Å². The van der Waals surface area contributed by atoms with E-state index in [1.807, 2.05) is 6.07 Å². The Morgan fingerprint density at radius 3 is 2.48 bits per heavy atom. The van der Waals surface area contributed by atoms with E-state index in [2.05, 4.69) is 0 Å². The summed E-state index contributed by atoms with van der Waals surface area (Å²) in [5.41, 5.74) is 1.36. The molecule has 0 radical (unpaired) electrons. The number of benzene rings is 2. The van der Waals surface area contributed by atoms with E-state index in [-0.39, 0.29) is 24.1 Å². The summed E-state index contributed by atoms with van der Waals surface area (Å²) < 4.78 is 5.13. The van der Waals surface area contributed by atoms with E-state index in [9.17, 15) is 20.1 Å². The molecule has 3 atom stereocenters. The van der Waals surface area contributed by atoms with Crippen LogP contribution in [0.1, 0.15) is 17.2 Å². The van der Waals surface area contributed by atoms with Crippen molar-refractivity contribution >= 4 is 5.97 Å². The first-order chi connectivity index (χ1) is 11.0. The van der Waals surface area contributed by atoms with Gasteiger partial charge in [-0.05, 0) is 41.8 Å². The van der Waals surface area contributed by atoms with Crippen molar-refractivity contribution in [2.45, 2.75) is 12.5 Å². The predicted molar refractivity (Wildman–Crippen MR) is 82.8 cm³/mol. The average Bonchev–Trinajstić information content (AvgIpc) is 2.88. The van der Waals surface area contributed by atoms with Gasteiger partial charge in [0.1, 0.15) is 11.5 Å². The van der Waals surface area contributed by atoms with Crippen LogP contribution in [0.2, 0.25) is 0 Å². The molecule has 23 heavy (non-hydrogen) atoms. The van der Waals surface area contributed by atoms with Crippen molar-refractivity contribution < 1.29 is 24.9 Å². The van der Waals surface area contributed by atoms with Crippen LogP contribution in [0.15, 0.2) is 48.5 Å². The summed E-state index contributed by atoms with van der Waals surface area (Å²) in [7, 11) is 0. The number of aromatic hydroxyl groups is 2. The van der Waals surface area contributed by atoms with E-state index in [0.717, 1.165) is 5.56 Å². The molecule has 1 heterocycles. The molecule has 0 aliphatic carbocycles. The lowest BCUT2D eigenvalue weighted by molar-refractivity contribution is -0.141. The summed E-state index contributed by atoms with van der Waals surface area (Å²) in [5, 5.41) is 29.7. The lowest BCUT2D eigenvalue weighted by atomic mass is 9.83. The highest BCUT2D eigenvalue weighted by molar-refractivity contribution is 5.75. The van der Waals surface area contributed by atoms with Crippen LogP contribution in [0.5, 0.6) is 11.5 Å². The molecule has 1 fully saturated rings. The molecule has 5 nitrogen and oxygen atoms in total. The number of aliphatic hydroxyl groups excluding tert-OH is 1. The van der Waals surface area contributed by atoms with E-state index in [1.54, 1.807) is 30.3 Å². The van der Waals surface area contributed by atoms with Crippen LogP contribution >= 0.6 is 0 Å². The third-order valence-electron chi connectivity index (χ3n) is 4.22. The second-order valence-electron chi connectivity index (χ2n) is 5.81. The van der Waals surface area contributed by atoms with Crippen LogP contribution in [-0.4, -0.2) is 27.9 Å². The monoisotopic (exact) mass is 314 g/mol. The Balaban J connectivity index is 1.82. The van der Waals surface area contributed by atoms with Gasteiger partial charge in [-0.15, -0.1) is 0 Å². The summed E-state index contributed by atoms with van der Waals surface area (Å²) >= 11 is 0. The lowest BCUT2D eigenvalue weighted by Gasteiger charge is -2.21. The van der Waals surface area contributed by atoms with Crippen LogP contribution in [0, 0.1) is 11.8 Å². The van der Waals surface area contributed by atoms with Crippen molar-refractivity contribution in [2.75, 3.05) is 6.61 Å². The van der Waals surface area contributed by atoms with Gasteiger partial charge >= 0.3 is 5.97 Å². The number of hydrogen-bond acceptors (Lipinski definition) is 5. The highest BCUT2D eigenvalue weighted by Gasteiger charge is 2.41. The number of hydrogen-bond donors (Lipinski definition) is 3. The summed E-state index contributed by atoms with van der Waals surface area (Å²) in [4.78, 5) is 12.0. The molecule has 0 saturated carbocycles. The minimum atomic E-state index is -0.907. The summed E-state index contributed by atoms with van der Waals surface area (Å²) in [6.45, 7) is 0.138. The topological polar surface area (TPSA) is 87.0 Å². The highest BCUT2D eigenvalue weighted by atomic mass is 16.5. The van der Waals surface area contributed by atoms with E-state index < -0.39 is 17.9 Å². The zero-order chi connectivity index (χ0) is 16.4. The standard InChI is InChI=1S/C18H18O5/c19-13-5-1-3-11(7-13)8-15-16(10-23-18(15)22)17(21)12-4-2-6-14(20)9-12/h1-7,9,15-17,19-21H,8,10H2/t15-,16+,17?/m0/s1. The minimum absolute atomic E-state index is 0.0660. The molecule has 0 amide bonds. The third-order valence-corrected chi connectivity index (χ3v) is 4.22. The van der Waals surface area contributed by atoms with Gasteiger partial charge < -0.3 is 20.1 Å². The number of carbonyl (C=O) groups excluding carboxylic acids is 1. The van der Waals surface area contributed by atoms with Gasteiger partial charge in [-0.25, -0.2) is 0 Å². The Bertz CT molecular complexity index is 712. The number of aliphatic hydroxyl groups is 1. The van der Waals surface area contributed by atoms with Crippen molar-refractivity contribution in [3.63, 3.8) is 0 Å². The maximum Gasteiger partial charge on any atom is 0.309 e. The van der Waals surface area contributed by atoms with Gasteiger partial charge in [-0.3, -0.25) is 4.79 Å². The molecule has 3 rings (SSSR count). The Hall–Kier alpha value is -2.53. The third kappa shape index (κ3) is 3.29. The maximum absolute atomic E-state index is 12.0. The Morgan fingerprint density at radius 1 is 1.09 bits per heavy atom. The molecule has 0 spiro atoms. The fourth-order valence-electron chi connectivity index (χ4n) is 3.02. The minimum Gasteiger partial charge on any atom is -0.508 e. The van der Waals surface area contributed by atoms with Gasteiger partial charge in [-0.2, -0.15) is 0 Å². The van der Waals surface area contributed by atoms with Gasteiger partial charge in [0.05, 0.1) is 18.6 Å². The molecule has 0 bridgehead atoms. The van der Waals surface area contributed by atoms with Crippen molar-refractivity contribution in [1.82, 2.24) is 0 Å². The van der Waals surface area contributed by atoms with E-state index in [0.29, 0.717) is 12.0 Å². The van der Waals surface area contributed by atoms with Crippen molar-refractivity contribution in [1.29, 1.82) is 0 Å². The number of phenolic OH excluding ortho intramolecular Hbond substituents is 2. The highest BCUT2D eigenvalue weighted by Crippen LogP contribution is 2.36. The SMILES string of the molecule is O=C1OC[C@@H](C(O)c2cccc(O)c2)[C@@H]1Cc1cccc(O)c1. The van der Waals surface area contributed by atoms with Crippen LogP contribution in [0.25, 0.3) is 0 Å². The molecule has 1 aliphatic rings. The number of esters is 1. The fraction of sp³-hybridized carbons (Fsp3) is 0.278. The Morgan fingerprint density at radius 2 is 1.78 bits per heavy atom. The molecule has 1 saturated heterocycles. The van der Waals surface area contributed by atoms with Gasteiger partial charge in [0, 0.05) is 5.92 Å². The zero-order valence-corrected chi connectivity index (χ0v) is 12.4. The molecule has 120 valence electrons. The second kappa shape index (κ2) is 6.30. The van der Waals surface area contributed by atoms with Crippen LogP contribution < -0.4 is 0 Å². The summed E-state index contributed by atoms with van der Waals surface area (Å²) in [5.74, 6) is -1.03. The number of cyclic esters (lactones) is 1. The number of ether oxygens (including phenoxy) is 1. The van der Waals surface area contributed by atoms with E-state index in [1.165, 1.54) is 12.1 Å². The average molecular weight is 314 g/mol. The van der Waals surface area contributed by atoms with Crippen LogP contribution in [-0.2, 0) is 16.0 Å². The molecule has 1 aliphatic heterocycles. The van der Waals surface area contributed by atoms with E-state index in [4.69, 9.17) is 4.74 Å². The maximum atomic E-state index is 12.0. The normalized spacial score (nSPS) is 21.9. The second-order valence-corrected chi connectivity index (χ2v) is 5.81. The number of rotatable bonds is 4. The van der Waals surface area contributed by atoms with Crippen molar-refractivity contribution in [3.05, 3.63) is 59.7 Å². The fourth-order valence-corrected chi connectivity index (χ4v) is 3.02. The Kier molecular flexibility index (Phi) is 4.21. The molecular formula is C18H18O5. The van der Waals surface area contributed by atoms with Crippen LogP contribution in [0.4, 0.5) is 0 Å². The largest absolute Gasteiger partial charge is 0.508 e. The van der Waals surface area contributed by atoms with Crippen LogP contribution in [0.3, 0.4) is 0 Å². The molecule has 2 aromatic carbocycles. The molecule has 1 unspecified atom stereocenters. The first-order valence-electron chi connectivity index (χ1n) is 7.46. The summed E-state index contributed by atoms with van der Waals surface area (Å²) in [6, 6.07) is 13.1. The zero-order valence-electron chi connectivity index (χ0n) is 12.4.